The fourth-order valence-electron chi connectivity index (χ4n) is 1.80. The molecule has 0 aliphatic carbocycles. The number of ether oxygens (including phenoxy) is 2. The third-order valence-electron chi connectivity index (χ3n) is 2.36. The van der Waals surface area contributed by atoms with Crippen molar-refractivity contribution in [2.24, 2.45) is 0 Å². The lowest BCUT2D eigenvalue weighted by Gasteiger charge is -2.30. The molecule has 1 rings (SSSR count). The van der Waals surface area contributed by atoms with Crippen molar-refractivity contribution >= 4 is 0 Å². The number of rotatable bonds is 4. The second-order valence-corrected chi connectivity index (χ2v) is 4.70. The van der Waals surface area contributed by atoms with E-state index in [1.165, 1.54) is 13.8 Å². The molecule has 1 saturated heterocycles. The maximum atomic E-state index is 10.4. The number of nitrogens with zero attached hydrogens (tertiary/aromatic N) is 1. The number of hydrogen-bond donors (Lipinski definition) is 1. The van der Waals surface area contributed by atoms with Crippen molar-refractivity contribution < 1.29 is 24.5 Å². The molecule has 2 atom stereocenters. The summed E-state index contributed by atoms with van der Waals surface area (Å²) in [5, 5.41) is 18.6. The molecule has 16 heavy (non-hydrogen) atoms. The molecular weight excluding hydrogens is 218 g/mol. The maximum Gasteiger partial charge on any atom is 0.295 e. The number of aliphatic hydroxyl groups excluding tert-OH is 1. The summed E-state index contributed by atoms with van der Waals surface area (Å²) in [7, 11) is 0. The van der Waals surface area contributed by atoms with Crippen LogP contribution in [0.1, 0.15) is 27.7 Å². The molecule has 1 aliphatic rings. The van der Waals surface area contributed by atoms with Crippen LogP contribution in [0.2, 0.25) is 0 Å². The molecule has 7 heteroatoms. The summed E-state index contributed by atoms with van der Waals surface area (Å²) in [6.45, 7) is 6.12. The Morgan fingerprint density at radius 3 is 2.50 bits per heavy atom. The Morgan fingerprint density at radius 1 is 1.50 bits per heavy atom. The van der Waals surface area contributed by atoms with E-state index in [-0.39, 0.29) is 6.61 Å². The van der Waals surface area contributed by atoms with E-state index in [2.05, 4.69) is 4.84 Å². The van der Waals surface area contributed by atoms with Crippen LogP contribution in [0.4, 0.5) is 0 Å². The van der Waals surface area contributed by atoms with Gasteiger partial charge in [0.05, 0.1) is 6.61 Å². The highest BCUT2D eigenvalue weighted by molar-refractivity contribution is 4.92. The summed E-state index contributed by atoms with van der Waals surface area (Å²) in [4.78, 5) is 14.9. The Balaban J connectivity index is 2.81. The van der Waals surface area contributed by atoms with Crippen LogP contribution in [0.5, 0.6) is 0 Å². The van der Waals surface area contributed by atoms with Gasteiger partial charge in [-0.2, -0.15) is 0 Å². The molecule has 0 unspecified atom stereocenters. The van der Waals surface area contributed by atoms with E-state index >= 15 is 0 Å². The Labute approximate surface area is 93.4 Å². The predicted octanol–water partition coefficient (Wildman–Crippen LogP) is 0.486. The summed E-state index contributed by atoms with van der Waals surface area (Å²) in [5.74, 6) is -0.880. The third-order valence-corrected chi connectivity index (χ3v) is 2.36. The van der Waals surface area contributed by atoms with Crippen LogP contribution < -0.4 is 0 Å². The molecule has 94 valence electrons. The van der Waals surface area contributed by atoms with Crippen molar-refractivity contribution in [2.75, 3.05) is 6.61 Å². The number of aliphatic hydroxyl groups is 1. The first kappa shape index (κ1) is 13.1. The molecule has 0 spiro atoms. The van der Waals surface area contributed by atoms with E-state index in [0.717, 1.165) is 0 Å². The molecule has 0 bridgehead atoms. The van der Waals surface area contributed by atoms with Crippen molar-refractivity contribution in [3.8, 4) is 0 Å². The molecule has 1 N–H and O–H groups in total. The fraction of sp³-hybridized carbons (Fsp3) is 1.00. The normalized spacial score (nSPS) is 29.1. The Bertz CT molecular complexity index is 277. The van der Waals surface area contributed by atoms with E-state index in [4.69, 9.17) is 14.6 Å². The third kappa shape index (κ3) is 2.81. The SMILES string of the molecule is CC1(C)O[C@@H](CO)[C@H](C(C)(C)O[N+](=O)[O-])O1. The highest BCUT2D eigenvalue weighted by Crippen LogP contribution is 2.35. The van der Waals surface area contributed by atoms with E-state index in [0.29, 0.717) is 0 Å². The van der Waals surface area contributed by atoms with Crippen LogP contribution in [0.25, 0.3) is 0 Å². The van der Waals surface area contributed by atoms with E-state index in [9.17, 15) is 10.1 Å². The maximum absolute atomic E-state index is 10.4. The minimum absolute atomic E-state index is 0.279. The van der Waals surface area contributed by atoms with Crippen molar-refractivity contribution in [1.29, 1.82) is 0 Å². The van der Waals surface area contributed by atoms with Crippen molar-refractivity contribution in [2.45, 2.75) is 51.3 Å². The summed E-state index contributed by atoms with van der Waals surface area (Å²) >= 11 is 0. The molecular formula is C9H17NO6. The van der Waals surface area contributed by atoms with Gasteiger partial charge in [-0.1, -0.05) is 0 Å². The van der Waals surface area contributed by atoms with Crippen LogP contribution in [0, 0.1) is 10.1 Å². The largest absolute Gasteiger partial charge is 0.394 e. The van der Waals surface area contributed by atoms with Gasteiger partial charge in [0, 0.05) is 0 Å². The lowest BCUT2D eigenvalue weighted by atomic mass is 9.97. The van der Waals surface area contributed by atoms with Crippen molar-refractivity contribution in [3.05, 3.63) is 10.1 Å². The lowest BCUT2D eigenvalue weighted by molar-refractivity contribution is -0.781. The van der Waals surface area contributed by atoms with E-state index in [1.54, 1.807) is 13.8 Å². The zero-order valence-corrected chi connectivity index (χ0v) is 9.80. The van der Waals surface area contributed by atoms with Gasteiger partial charge in [-0.15, -0.1) is 10.1 Å². The standard InChI is InChI=1S/C9H17NO6/c1-8(2,16-10(12)13)7-6(5-11)14-9(3,4)15-7/h6-7,11H,5H2,1-4H3/t6-,7+/m0/s1. The lowest BCUT2D eigenvalue weighted by Crippen LogP contribution is -2.47. The van der Waals surface area contributed by atoms with Gasteiger partial charge in [-0.3, -0.25) is 0 Å². The Hall–Kier alpha value is -0.920. The van der Waals surface area contributed by atoms with Gasteiger partial charge in [0.25, 0.3) is 5.09 Å². The topological polar surface area (TPSA) is 91.1 Å². The van der Waals surface area contributed by atoms with Gasteiger partial charge >= 0.3 is 0 Å². The Kier molecular flexibility index (Phi) is 3.41. The second kappa shape index (κ2) is 4.15. The van der Waals surface area contributed by atoms with Crippen LogP contribution in [0.3, 0.4) is 0 Å². The van der Waals surface area contributed by atoms with Gasteiger partial charge < -0.3 is 19.4 Å². The minimum atomic E-state index is -1.18. The molecule has 0 aromatic carbocycles. The first-order valence-corrected chi connectivity index (χ1v) is 4.98. The van der Waals surface area contributed by atoms with Gasteiger partial charge in [-0.25, -0.2) is 0 Å². The van der Waals surface area contributed by atoms with Crippen LogP contribution >= 0.6 is 0 Å². The summed E-state index contributed by atoms with van der Waals surface area (Å²) in [6.07, 6.45) is -1.33. The first-order valence-electron chi connectivity index (χ1n) is 4.98. The zero-order valence-electron chi connectivity index (χ0n) is 9.80. The van der Waals surface area contributed by atoms with Gasteiger partial charge in [0.15, 0.2) is 5.79 Å². The zero-order chi connectivity index (χ0) is 12.6. The van der Waals surface area contributed by atoms with Gasteiger partial charge in [0.1, 0.15) is 17.8 Å². The minimum Gasteiger partial charge on any atom is -0.394 e. The molecule has 1 fully saturated rings. The molecule has 0 aromatic heterocycles. The van der Waals surface area contributed by atoms with E-state index in [1.807, 2.05) is 0 Å². The highest BCUT2D eigenvalue weighted by atomic mass is 17.0. The summed E-state index contributed by atoms with van der Waals surface area (Å²) < 4.78 is 10.9. The van der Waals surface area contributed by atoms with Crippen molar-refractivity contribution in [1.82, 2.24) is 0 Å². The smallest absolute Gasteiger partial charge is 0.295 e. The highest BCUT2D eigenvalue weighted by Gasteiger charge is 2.50. The average molecular weight is 235 g/mol. The molecule has 0 radical (unpaired) electrons. The van der Waals surface area contributed by atoms with Crippen LogP contribution in [-0.2, 0) is 14.3 Å². The Morgan fingerprint density at radius 2 is 2.06 bits per heavy atom. The molecule has 1 heterocycles. The van der Waals surface area contributed by atoms with Crippen LogP contribution in [0.15, 0.2) is 0 Å². The number of hydrogen-bond acceptors (Lipinski definition) is 6. The van der Waals surface area contributed by atoms with Gasteiger partial charge in [0.2, 0.25) is 0 Å². The quantitative estimate of drug-likeness (QED) is 0.563. The van der Waals surface area contributed by atoms with Crippen molar-refractivity contribution in [3.63, 3.8) is 0 Å². The summed E-state index contributed by atoms with van der Waals surface area (Å²) in [5.41, 5.74) is -1.18. The molecule has 1 aliphatic heterocycles. The average Bonchev–Trinajstić information content (AvgIpc) is 2.39. The predicted molar refractivity (Wildman–Crippen MR) is 53.1 cm³/mol. The molecule has 0 aromatic rings. The van der Waals surface area contributed by atoms with Gasteiger partial charge in [-0.05, 0) is 27.7 Å². The second-order valence-electron chi connectivity index (χ2n) is 4.70. The van der Waals surface area contributed by atoms with E-state index < -0.39 is 28.7 Å². The molecule has 0 saturated carbocycles. The molecule has 0 amide bonds. The monoisotopic (exact) mass is 235 g/mol. The molecule has 7 nitrogen and oxygen atoms in total. The summed E-state index contributed by atoms with van der Waals surface area (Å²) in [6, 6.07) is 0. The van der Waals surface area contributed by atoms with Crippen LogP contribution in [-0.4, -0.2) is 40.4 Å². The first-order chi connectivity index (χ1) is 7.18. The fourth-order valence-corrected chi connectivity index (χ4v) is 1.80.